The first-order chi connectivity index (χ1) is 15.7. The molecule has 1 atom stereocenters. The molecule has 1 unspecified atom stereocenters. The highest BCUT2D eigenvalue weighted by atomic mass is 35.5. The van der Waals surface area contributed by atoms with Gasteiger partial charge in [-0.1, -0.05) is 11.6 Å². The topological polar surface area (TPSA) is 116 Å². The molecule has 172 valence electrons. The predicted molar refractivity (Wildman–Crippen MR) is 123 cm³/mol. The fraction of sp³-hybridized carbons (Fsp3) is 0.318. The van der Waals surface area contributed by atoms with Crippen molar-refractivity contribution in [1.82, 2.24) is 19.0 Å². The predicted octanol–water partition coefficient (Wildman–Crippen LogP) is 1.54. The van der Waals surface area contributed by atoms with E-state index < -0.39 is 23.2 Å². The third kappa shape index (κ3) is 3.97. The number of hydrogen-bond donors (Lipinski definition) is 1. The number of methoxy groups -OCH3 is 1. The second-order valence-corrected chi connectivity index (χ2v) is 8.23. The summed E-state index contributed by atoms with van der Waals surface area (Å²) in [6.07, 6.45) is 2.52. The number of nitrogens with one attached hydrogen (secondary N) is 1. The highest BCUT2D eigenvalue weighted by molar-refractivity contribution is 6.31. The van der Waals surface area contributed by atoms with Crippen molar-refractivity contribution in [3.8, 4) is 5.75 Å². The largest absolute Gasteiger partial charge is 0.496 e. The maximum atomic E-state index is 13.2. The highest BCUT2D eigenvalue weighted by Gasteiger charge is 2.35. The number of anilines is 1. The molecule has 2 aromatic heterocycles. The minimum Gasteiger partial charge on any atom is -0.496 e. The molecular formula is C22H22ClN5O5. The Morgan fingerprint density at radius 1 is 1.18 bits per heavy atom. The van der Waals surface area contributed by atoms with Gasteiger partial charge >= 0.3 is 5.69 Å². The van der Waals surface area contributed by atoms with Gasteiger partial charge in [-0.15, -0.1) is 0 Å². The molecule has 0 saturated carbocycles. The molecule has 33 heavy (non-hydrogen) atoms. The first-order valence-electron chi connectivity index (χ1n) is 10.2. The van der Waals surface area contributed by atoms with Crippen LogP contribution in [0.4, 0.5) is 5.69 Å². The number of halogens is 1. The minimum absolute atomic E-state index is 0.195. The van der Waals surface area contributed by atoms with Crippen LogP contribution in [0.5, 0.6) is 5.75 Å². The number of likely N-dealkylation sites (tertiary alicyclic amines) is 1. The monoisotopic (exact) mass is 471 g/mol. The van der Waals surface area contributed by atoms with Crippen LogP contribution in [0.1, 0.15) is 23.2 Å². The maximum Gasteiger partial charge on any atom is 0.332 e. The van der Waals surface area contributed by atoms with Gasteiger partial charge in [0.1, 0.15) is 17.4 Å². The van der Waals surface area contributed by atoms with E-state index in [0.717, 1.165) is 4.57 Å². The molecule has 0 spiro atoms. The molecule has 1 fully saturated rings. The molecule has 1 aliphatic heterocycles. The summed E-state index contributed by atoms with van der Waals surface area (Å²) in [5.41, 5.74) is -0.216. The molecule has 1 aliphatic rings. The zero-order valence-electron chi connectivity index (χ0n) is 18.3. The lowest BCUT2D eigenvalue weighted by atomic mass is 10.1. The molecule has 1 aromatic carbocycles. The van der Waals surface area contributed by atoms with E-state index in [1.807, 2.05) is 0 Å². The van der Waals surface area contributed by atoms with E-state index in [9.17, 15) is 19.2 Å². The van der Waals surface area contributed by atoms with Crippen LogP contribution in [0, 0.1) is 0 Å². The second kappa shape index (κ2) is 8.70. The van der Waals surface area contributed by atoms with Crippen molar-refractivity contribution in [2.45, 2.75) is 18.9 Å². The number of aromatic nitrogens is 3. The molecule has 1 saturated heterocycles. The Hall–Kier alpha value is -3.66. The Balaban J connectivity index is 1.61. The molecule has 2 amide bonds. The third-order valence-corrected chi connectivity index (χ3v) is 6.00. The van der Waals surface area contributed by atoms with Crippen LogP contribution in [0.2, 0.25) is 5.02 Å². The molecule has 0 aliphatic carbocycles. The van der Waals surface area contributed by atoms with Gasteiger partial charge in [0.15, 0.2) is 0 Å². The number of nitrogens with zero attached hydrogens (tertiary/aromatic N) is 4. The number of carbonyl (C=O) groups excluding carboxylic acids is 2. The number of ether oxygens (including phenoxy) is 1. The van der Waals surface area contributed by atoms with Gasteiger partial charge in [-0.3, -0.25) is 23.5 Å². The van der Waals surface area contributed by atoms with Gasteiger partial charge in [-0.25, -0.2) is 9.78 Å². The number of aryl methyl sites for hydroxylation is 1. The van der Waals surface area contributed by atoms with Crippen molar-refractivity contribution >= 4 is 40.1 Å². The van der Waals surface area contributed by atoms with Gasteiger partial charge in [0.25, 0.3) is 11.5 Å². The summed E-state index contributed by atoms with van der Waals surface area (Å²) in [5, 5.41) is 3.33. The Morgan fingerprint density at radius 3 is 2.67 bits per heavy atom. The number of rotatable bonds is 4. The second-order valence-electron chi connectivity index (χ2n) is 7.79. The van der Waals surface area contributed by atoms with Crippen LogP contribution in [0.3, 0.4) is 0 Å². The van der Waals surface area contributed by atoms with Gasteiger partial charge in [0.2, 0.25) is 5.91 Å². The molecule has 3 aromatic rings. The third-order valence-electron chi connectivity index (χ3n) is 5.77. The summed E-state index contributed by atoms with van der Waals surface area (Å²) in [6, 6.07) is 5.51. The normalized spacial score (nSPS) is 15.6. The van der Waals surface area contributed by atoms with Gasteiger partial charge in [-0.05, 0) is 37.1 Å². The molecule has 0 radical (unpaired) electrons. The van der Waals surface area contributed by atoms with Crippen LogP contribution in [0.15, 0.2) is 40.1 Å². The summed E-state index contributed by atoms with van der Waals surface area (Å²) in [6.45, 7) is 0.408. The lowest BCUT2D eigenvalue weighted by Gasteiger charge is -2.25. The Morgan fingerprint density at radius 2 is 1.94 bits per heavy atom. The number of amides is 2. The zero-order valence-corrected chi connectivity index (χ0v) is 19.0. The summed E-state index contributed by atoms with van der Waals surface area (Å²) < 4.78 is 7.52. The number of hydrogen-bond acceptors (Lipinski definition) is 6. The molecule has 3 heterocycles. The van der Waals surface area contributed by atoms with E-state index in [2.05, 4.69) is 10.3 Å². The van der Waals surface area contributed by atoms with Crippen LogP contribution in [-0.2, 0) is 18.9 Å². The van der Waals surface area contributed by atoms with E-state index in [1.54, 1.807) is 12.1 Å². The maximum absolute atomic E-state index is 13.2. The average Bonchev–Trinajstić information content (AvgIpc) is 3.31. The van der Waals surface area contributed by atoms with Gasteiger partial charge < -0.3 is 15.0 Å². The van der Waals surface area contributed by atoms with E-state index in [1.165, 1.54) is 49.0 Å². The van der Waals surface area contributed by atoms with Crippen molar-refractivity contribution < 1.29 is 14.3 Å². The van der Waals surface area contributed by atoms with Gasteiger partial charge in [-0.2, -0.15) is 0 Å². The highest BCUT2D eigenvalue weighted by Crippen LogP contribution is 2.28. The fourth-order valence-corrected chi connectivity index (χ4v) is 4.22. The first-order valence-corrected chi connectivity index (χ1v) is 10.6. The van der Waals surface area contributed by atoms with E-state index in [4.69, 9.17) is 16.3 Å². The van der Waals surface area contributed by atoms with E-state index >= 15 is 0 Å². The lowest BCUT2D eigenvalue weighted by molar-refractivity contribution is -0.119. The van der Waals surface area contributed by atoms with E-state index in [-0.39, 0.29) is 22.5 Å². The van der Waals surface area contributed by atoms with Crippen LogP contribution in [-0.4, -0.2) is 50.5 Å². The zero-order chi connectivity index (χ0) is 23.9. The van der Waals surface area contributed by atoms with Crippen LogP contribution >= 0.6 is 11.6 Å². The molecule has 1 N–H and O–H groups in total. The molecular weight excluding hydrogens is 450 g/mol. The Bertz CT molecular complexity index is 1400. The Labute approximate surface area is 193 Å². The molecule has 4 rings (SSSR count). The van der Waals surface area contributed by atoms with Crippen molar-refractivity contribution in [1.29, 1.82) is 0 Å². The minimum atomic E-state index is -0.708. The number of fused-ring (bicyclic) bond motifs is 1. The van der Waals surface area contributed by atoms with Crippen LogP contribution < -0.4 is 21.3 Å². The molecule has 11 heteroatoms. The average molecular weight is 472 g/mol. The number of pyridine rings is 1. The summed E-state index contributed by atoms with van der Waals surface area (Å²) in [7, 11) is 4.35. The molecule has 0 bridgehead atoms. The standard InChI is InChI=1S/C22H22ClN5O5/c1-26-18-15(20(30)27(2)22(26)32)10-13(11-24-18)25-19(29)16-5-4-8-28(16)21(31)14-9-12(23)6-7-17(14)33-3/h6-7,9-11,16H,4-5,8H2,1-3H3,(H,25,29). The van der Waals surface area contributed by atoms with Crippen LogP contribution in [0.25, 0.3) is 11.0 Å². The smallest absolute Gasteiger partial charge is 0.332 e. The quantitative estimate of drug-likeness (QED) is 0.617. The van der Waals surface area contributed by atoms with E-state index in [0.29, 0.717) is 35.8 Å². The number of carbonyl (C=O) groups is 2. The summed E-state index contributed by atoms with van der Waals surface area (Å²) in [5.74, 6) is -0.382. The number of benzene rings is 1. The Kier molecular flexibility index (Phi) is 5.94. The van der Waals surface area contributed by atoms with Crippen molar-refractivity contribution in [3.63, 3.8) is 0 Å². The van der Waals surface area contributed by atoms with Gasteiger partial charge in [0, 0.05) is 25.7 Å². The SMILES string of the molecule is COc1ccc(Cl)cc1C(=O)N1CCCC1C(=O)Nc1cnc2c(c1)c(=O)n(C)c(=O)n2C. The fourth-order valence-electron chi connectivity index (χ4n) is 4.04. The van der Waals surface area contributed by atoms with Gasteiger partial charge in [0.05, 0.1) is 29.9 Å². The van der Waals surface area contributed by atoms with Crippen molar-refractivity contribution in [3.05, 3.63) is 61.9 Å². The lowest BCUT2D eigenvalue weighted by Crippen LogP contribution is -2.43. The van der Waals surface area contributed by atoms with Crippen molar-refractivity contribution in [2.75, 3.05) is 19.0 Å². The summed E-state index contributed by atoms with van der Waals surface area (Å²) >= 11 is 6.06. The first kappa shape index (κ1) is 22.5. The summed E-state index contributed by atoms with van der Waals surface area (Å²) in [4.78, 5) is 56.5. The van der Waals surface area contributed by atoms with Crippen molar-refractivity contribution in [2.24, 2.45) is 14.1 Å². The molecule has 10 nitrogen and oxygen atoms in total.